The summed E-state index contributed by atoms with van der Waals surface area (Å²) < 4.78 is 7.21. The molecule has 88 valence electrons. The van der Waals surface area contributed by atoms with Crippen molar-refractivity contribution in [1.29, 1.82) is 0 Å². The number of hydrogen-bond acceptors (Lipinski definition) is 3. The van der Waals surface area contributed by atoms with E-state index in [1.54, 1.807) is 11.3 Å². The topological polar surface area (TPSA) is 26.3 Å². The molecule has 0 aromatic carbocycles. The van der Waals surface area contributed by atoms with E-state index in [1.807, 2.05) is 6.07 Å². The monoisotopic (exact) mass is 366 g/mol. The van der Waals surface area contributed by atoms with Crippen molar-refractivity contribution in [3.05, 3.63) is 19.2 Å². The normalized spacial score (nSPS) is 17.6. The molecule has 0 bridgehead atoms. The van der Waals surface area contributed by atoms with Crippen LogP contribution in [0.3, 0.4) is 0 Å². The highest BCUT2D eigenvalue weighted by atomic mass is 79.9. The molecule has 1 aromatic rings. The van der Waals surface area contributed by atoms with Gasteiger partial charge in [0.2, 0.25) is 0 Å². The van der Waals surface area contributed by atoms with Crippen LogP contribution in [-0.4, -0.2) is 19.0 Å². The summed E-state index contributed by atoms with van der Waals surface area (Å²) in [6.45, 7) is 1.60. The fraction of sp³-hybridized carbons (Fsp3) is 0.545. The minimum absolute atomic E-state index is 0.237. The Hall–Kier alpha value is 0.290. The number of carbonyl (C=O) groups is 1. The van der Waals surface area contributed by atoms with Crippen LogP contribution in [0.2, 0.25) is 0 Å². The van der Waals surface area contributed by atoms with Gasteiger partial charge in [-0.1, -0.05) is 0 Å². The predicted molar refractivity (Wildman–Crippen MR) is 72.2 cm³/mol. The van der Waals surface area contributed by atoms with E-state index in [9.17, 15) is 4.79 Å². The average Bonchev–Trinajstić information content (AvgIpc) is 2.59. The van der Waals surface area contributed by atoms with Crippen LogP contribution in [0.5, 0.6) is 0 Å². The summed E-state index contributed by atoms with van der Waals surface area (Å²) in [7, 11) is 0. The molecule has 0 unspecified atom stereocenters. The molecule has 1 fully saturated rings. The number of halogens is 2. The second-order valence-corrected chi connectivity index (χ2v) is 7.67. The molecule has 0 aliphatic carbocycles. The highest BCUT2D eigenvalue weighted by Crippen LogP contribution is 2.33. The molecule has 2 rings (SSSR count). The summed E-state index contributed by atoms with van der Waals surface area (Å²) in [5.41, 5.74) is 0.809. The van der Waals surface area contributed by atoms with Gasteiger partial charge in [-0.25, -0.2) is 0 Å². The van der Waals surface area contributed by atoms with E-state index >= 15 is 0 Å². The first-order valence-corrected chi connectivity index (χ1v) is 7.63. The lowest BCUT2D eigenvalue weighted by Crippen LogP contribution is -2.18. The van der Waals surface area contributed by atoms with Gasteiger partial charge in [-0.3, -0.25) is 4.79 Å². The molecule has 16 heavy (non-hydrogen) atoms. The molecule has 0 amide bonds. The van der Waals surface area contributed by atoms with E-state index in [0.29, 0.717) is 12.3 Å². The van der Waals surface area contributed by atoms with Crippen LogP contribution in [0, 0.1) is 5.92 Å². The molecule has 0 saturated carbocycles. The Bertz CT molecular complexity index is 383. The number of ketones is 1. The first-order chi connectivity index (χ1) is 7.66. The Kier molecular flexibility index (Phi) is 4.58. The molecule has 2 nitrogen and oxygen atoms in total. The van der Waals surface area contributed by atoms with E-state index in [2.05, 4.69) is 31.9 Å². The first-order valence-electron chi connectivity index (χ1n) is 5.22. The molecular weight excluding hydrogens is 356 g/mol. The van der Waals surface area contributed by atoms with Crippen LogP contribution in [0.15, 0.2) is 13.6 Å². The van der Waals surface area contributed by atoms with Gasteiger partial charge in [0.1, 0.15) is 0 Å². The van der Waals surface area contributed by atoms with Crippen LogP contribution in [-0.2, 0) is 4.74 Å². The molecule has 2 heterocycles. The van der Waals surface area contributed by atoms with Gasteiger partial charge < -0.3 is 4.74 Å². The first kappa shape index (κ1) is 12.7. The standard InChI is InChI=1S/C11H12Br2O2S/c12-10-6-8(11(13)16-10)9(14)5-7-1-3-15-4-2-7/h6-7H,1-5H2. The number of rotatable bonds is 3. The van der Waals surface area contributed by atoms with Crippen LogP contribution in [0.25, 0.3) is 0 Å². The fourth-order valence-electron chi connectivity index (χ4n) is 1.85. The molecule has 0 spiro atoms. The van der Waals surface area contributed by atoms with Crippen molar-refractivity contribution in [1.82, 2.24) is 0 Å². The quantitative estimate of drug-likeness (QED) is 0.745. The van der Waals surface area contributed by atoms with Crippen molar-refractivity contribution >= 4 is 49.0 Å². The second-order valence-electron chi connectivity index (χ2n) is 3.92. The third-order valence-electron chi connectivity index (χ3n) is 2.77. The summed E-state index contributed by atoms with van der Waals surface area (Å²) in [5, 5.41) is 0. The van der Waals surface area contributed by atoms with Crippen molar-refractivity contribution in [2.75, 3.05) is 13.2 Å². The van der Waals surface area contributed by atoms with Crippen molar-refractivity contribution in [3.63, 3.8) is 0 Å². The van der Waals surface area contributed by atoms with Crippen molar-refractivity contribution in [2.24, 2.45) is 5.92 Å². The number of hydrogen-bond donors (Lipinski definition) is 0. The van der Waals surface area contributed by atoms with Gasteiger partial charge in [-0.15, -0.1) is 11.3 Å². The highest BCUT2D eigenvalue weighted by Gasteiger charge is 2.20. The Balaban J connectivity index is 1.99. The second kappa shape index (κ2) is 5.76. The Morgan fingerprint density at radius 3 is 2.69 bits per heavy atom. The van der Waals surface area contributed by atoms with Crippen molar-refractivity contribution < 1.29 is 9.53 Å². The number of ether oxygens (including phenoxy) is 1. The van der Waals surface area contributed by atoms with E-state index in [4.69, 9.17) is 4.74 Å². The lowest BCUT2D eigenvalue weighted by Gasteiger charge is -2.20. The van der Waals surface area contributed by atoms with Gasteiger partial charge >= 0.3 is 0 Å². The molecule has 0 N–H and O–H groups in total. The molecule has 1 saturated heterocycles. The average molecular weight is 368 g/mol. The maximum Gasteiger partial charge on any atom is 0.165 e. The van der Waals surface area contributed by atoms with Gasteiger partial charge in [0.15, 0.2) is 5.78 Å². The molecule has 5 heteroatoms. The molecule has 0 radical (unpaired) electrons. The van der Waals surface area contributed by atoms with E-state index < -0.39 is 0 Å². The van der Waals surface area contributed by atoms with Gasteiger partial charge in [0, 0.05) is 25.2 Å². The van der Waals surface area contributed by atoms with Crippen molar-refractivity contribution in [2.45, 2.75) is 19.3 Å². The SMILES string of the molecule is O=C(CC1CCOCC1)c1cc(Br)sc1Br. The summed E-state index contributed by atoms with van der Waals surface area (Å²) in [6.07, 6.45) is 2.66. The fourth-order valence-corrected chi connectivity index (χ4v) is 4.71. The Labute approximate surface area is 116 Å². The highest BCUT2D eigenvalue weighted by molar-refractivity contribution is 9.12. The van der Waals surface area contributed by atoms with Crippen molar-refractivity contribution in [3.8, 4) is 0 Å². The van der Waals surface area contributed by atoms with Crippen LogP contribution in [0.4, 0.5) is 0 Å². The minimum atomic E-state index is 0.237. The zero-order valence-electron chi connectivity index (χ0n) is 8.67. The van der Waals surface area contributed by atoms with Gasteiger partial charge in [-0.2, -0.15) is 0 Å². The van der Waals surface area contributed by atoms with Crippen LogP contribution < -0.4 is 0 Å². The smallest absolute Gasteiger partial charge is 0.165 e. The molecular formula is C11H12Br2O2S. The largest absolute Gasteiger partial charge is 0.381 e. The van der Waals surface area contributed by atoms with E-state index in [1.165, 1.54) is 0 Å². The lowest BCUT2D eigenvalue weighted by atomic mass is 9.93. The number of carbonyl (C=O) groups excluding carboxylic acids is 1. The summed E-state index contributed by atoms with van der Waals surface area (Å²) in [6, 6.07) is 1.90. The number of thiophene rings is 1. The molecule has 1 aliphatic rings. The Morgan fingerprint density at radius 2 is 2.12 bits per heavy atom. The summed E-state index contributed by atoms with van der Waals surface area (Å²) in [4.78, 5) is 12.1. The lowest BCUT2D eigenvalue weighted by molar-refractivity contribution is 0.0601. The molecule has 0 atom stereocenters. The summed E-state index contributed by atoms with van der Waals surface area (Å²) >= 11 is 8.37. The van der Waals surface area contributed by atoms with Gasteiger partial charge in [0.25, 0.3) is 0 Å². The maximum absolute atomic E-state index is 12.1. The predicted octanol–water partition coefficient (Wildman–Crippen LogP) is 4.27. The third kappa shape index (κ3) is 3.15. The van der Waals surface area contributed by atoms with Crippen LogP contribution >= 0.6 is 43.2 Å². The maximum atomic E-state index is 12.1. The van der Waals surface area contributed by atoms with E-state index in [-0.39, 0.29) is 5.78 Å². The third-order valence-corrected chi connectivity index (χ3v) is 5.11. The van der Waals surface area contributed by atoms with Crippen LogP contribution in [0.1, 0.15) is 29.6 Å². The van der Waals surface area contributed by atoms with Gasteiger partial charge in [-0.05, 0) is 56.7 Å². The minimum Gasteiger partial charge on any atom is -0.381 e. The Morgan fingerprint density at radius 1 is 1.44 bits per heavy atom. The molecule has 1 aliphatic heterocycles. The zero-order chi connectivity index (χ0) is 11.5. The molecule has 1 aromatic heterocycles. The van der Waals surface area contributed by atoms with Gasteiger partial charge in [0.05, 0.1) is 7.57 Å². The van der Waals surface area contributed by atoms with E-state index in [0.717, 1.165) is 39.2 Å². The summed E-state index contributed by atoms with van der Waals surface area (Å²) in [5.74, 6) is 0.729. The zero-order valence-corrected chi connectivity index (χ0v) is 12.7. The number of Topliss-reactive ketones (excluding diaryl/α,β-unsaturated/α-hetero) is 1.